The number of nitrogens with one attached hydrogen (secondary N) is 2. The number of ether oxygens (including phenoxy) is 3. The largest absolute Gasteiger partial charge is 0.494 e. The molecule has 3 aromatic carbocycles. The van der Waals surface area contributed by atoms with Gasteiger partial charge in [0, 0.05) is 30.4 Å². The van der Waals surface area contributed by atoms with E-state index in [2.05, 4.69) is 10.6 Å². The molecule has 0 aliphatic rings. The van der Waals surface area contributed by atoms with Crippen molar-refractivity contribution in [1.82, 2.24) is 0 Å². The van der Waals surface area contributed by atoms with Gasteiger partial charge in [-0.2, -0.15) is 13.2 Å². The van der Waals surface area contributed by atoms with Gasteiger partial charge < -0.3 is 30.6 Å². The molecule has 0 heterocycles. The highest BCUT2D eigenvalue weighted by atomic mass is 19.4. The molecule has 0 bridgehead atoms. The molecule has 0 saturated heterocycles. The van der Waals surface area contributed by atoms with E-state index in [4.69, 9.17) is 19.9 Å². The van der Waals surface area contributed by atoms with Gasteiger partial charge in [0.15, 0.2) is 11.6 Å². The lowest BCUT2D eigenvalue weighted by atomic mass is 10.1. The molecule has 3 rings (SSSR count). The lowest BCUT2D eigenvalue weighted by Crippen LogP contribution is -2.15. The first-order valence-electron chi connectivity index (χ1n) is 10.7. The summed E-state index contributed by atoms with van der Waals surface area (Å²) in [5.41, 5.74) is 8.45. The van der Waals surface area contributed by atoms with Crippen LogP contribution >= 0.6 is 0 Å². The Bertz CT molecular complexity index is 1250. The Morgan fingerprint density at radius 2 is 1.72 bits per heavy atom. The molecule has 192 valence electrons. The Hall–Kier alpha value is -4.15. The number of alkyl halides is 3. The normalized spacial score (nSPS) is 11.1. The number of anilines is 4. The number of aryl methyl sites for hydroxylation is 1. The van der Waals surface area contributed by atoms with Crippen molar-refractivity contribution in [2.45, 2.75) is 19.5 Å². The topological polar surface area (TPSA) is 94.8 Å². The molecule has 4 N–H and O–H groups in total. The zero-order valence-electron chi connectivity index (χ0n) is 19.8. The third kappa shape index (κ3) is 6.71. The van der Waals surface area contributed by atoms with E-state index in [9.17, 15) is 22.4 Å². The Balaban J connectivity index is 1.94. The van der Waals surface area contributed by atoms with Gasteiger partial charge in [0.05, 0.1) is 43.3 Å². The minimum atomic E-state index is -4.35. The molecule has 7 nitrogen and oxygen atoms in total. The van der Waals surface area contributed by atoms with Gasteiger partial charge in [-0.05, 0) is 42.8 Å². The number of halogens is 4. The maximum absolute atomic E-state index is 14.1. The van der Waals surface area contributed by atoms with Crippen molar-refractivity contribution < 1.29 is 36.6 Å². The fourth-order valence-electron chi connectivity index (χ4n) is 3.36. The molecule has 0 aliphatic carbocycles. The van der Waals surface area contributed by atoms with E-state index in [-0.39, 0.29) is 28.6 Å². The maximum atomic E-state index is 14.1. The second kappa shape index (κ2) is 11.1. The summed E-state index contributed by atoms with van der Waals surface area (Å²) >= 11 is 0. The maximum Gasteiger partial charge on any atom is 0.390 e. The zero-order valence-corrected chi connectivity index (χ0v) is 19.8. The van der Waals surface area contributed by atoms with Gasteiger partial charge in [-0.3, -0.25) is 0 Å². The fraction of sp³-hybridized carbons (Fsp3) is 0.240. The van der Waals surface area contributed by atoms with Crippen molar-refractivity contribution in [2.24, 2.45) is 0 Å². The van der Waals surface area contributed by atoms with Gasteiger partial charge in [0.2, 0.25) is 0 Å². The zero-order chi connectivity index (χ0) is 26.5. The van der Waals surface area contributed by atoms with Crippen LogP contribution in [0.5, 0.6) is 17.2 Å². The second-order valence-electron chi connectivity index (χ2n) is 7.77. The number of hydrogen-bond acceptors (Lipinski definition) is 7. The minimum absolute atomic E-state index is 0.0299. The first kappa shape index (κ1) is 26.5. The molecule has 0 fully saturated rings. The molecule has 0 saturated carbocycles. The summed E-state index contributed by atoms with van der Waals surface area (Å²) in [6.45, 7) is 1.31. The van der Waals surface area contributed by atoms with E-state index in [1.54, 1.807) is 25.1 Å². The van der Waals surface area contributed by atoms with Gasteiger partial charge in [-0.1, -0.05) is 0 Å². The van der Waals surface area contributed by atoms with Crippen LogP contribution in [0.4, 0.5) is 40.3 Å². The van der Waals surface area contributed by atoms with Crippen molar-refractivity contribution in [2.75, 3.05) is 37.1 Å². The van der Waals surface area contributed by atoms with Gasteiger partial charge in [0.1, 0.15) is 11.5 Å². The smallest absolute Gasteiger partial charge is 0.390 e. The van der Waals surface area contributed by atoms with Crippen molar-refractivity contribution in [3.05, 3.63) is 65.5 Å². The number of nitrogens with two attached hydrogens (primary N) is 1. The van der Waals surface area contributed by atoms with Crippen LogP contribution < -0.4 is 25.8 Å². The minimum Gasteiger partial charge on any atom is -0.494 e. The predicted molar refractivity (Wildman–Crippen MR) is 129 cm³/mol. The molecule has 0 spiro atoms. The van der Waals surface area contributed by atoms with Crippen LogP contribution in [-0.4, -0.2) is 32.9 Å². The molecule has 3 aromatic rings. The van der Waals surface area contributed by atoms with Gasteiger partial charge in [0.25, 0.3) is 0 Å². The quantitative estimate of drug-likeness (QED) is 0.175. The molecule has 0 unspecified atom stereocenters. The molecular formula is C25H25F4N3O4. The molecule has 36 heavy (non-hydrogen) atoms. The van der Waals surface area contributed by atoms with Crippen LogP contribution in [0.3, 0.4) is 0 Å². The van der Waals surface area contributed by atoms with Crippen LogP contribution in [0.2, 0.25) is 0 Å². The number of nitrogen functional groups attached to an aromatic ring is 1. The molecular weight excluding hydrogens is 482 g/mol. The van der Waals surface area contributed by atoms with E-state index < -0.39 is 30.9 Å². The molecule has 0 aliphatic heterocycles. The highest BCUT2D eigenvalue weighted by Gasteiger charge is 2.26. The highest BCUT2D eigenvalue weighted by Crippen LogP contribution is 2.38. The van der Waals surface area contributed by atoms with Crippen LogP contribution in [0.15, 0.2) is 48.5 Å². The summed E-state index contributed by atoms with van der Waals surface area (Å²) in [5.74, 6) is -0.773. The third-order valence-corrected chi connectivity index (χ3v) is 5.15. The SMILES string of the molecule is COC(=O)c1ccc(Nc2cc(Oc3ccc(OC)c(F)c3)cc(NCCC(F)(F)F)c2N)cc1C. The van der Waals surface area contributed by atoms with Crippen molar-refractivity contribution >= 4 is 28.7 Å². The average molecular weight is 507 g/mol. The first-order chi connectivity index (χ1) is 17.0. The summed E-state index contributed by atoms with van der Waals surface area (Å²) in [4.78, 5) is 11.9. The summed E-state index contributed by atoms with van der Waals surface area (Å²) < 4.78 is 67.5. The number of methoxy groups -OCH3 is 2. The number of esters is 1. The standard InChI is InChI=1S/C25H25F4N3O4/c1-14-10-15(4-6-18(14)24(33)35-3)32-21-13-17(36-16-5-7-22(34-2)19(26)11-16)12-20(23(21)30)31-9-8-25(27,28)29/h4-7,10-13,31-32H,8-9,30H2,1-3H3. The average Bonchev–Trinajstić information content (AvgIpc) is 2.81. The van der Waals surface area contributed by atoms with Crippen LogP contribution in [0, 0.1) is 12.7 Å². The van der Waals surface area contributed by atoms with Crippen LogP contribution in [-0.2, 0) is 4.74 Å². The van der Waals surface area contributed by atoms with Crippen LogP contribution in [0.1, 0.15) is 22.3 Å². The first-order valence-corrected chi connectivity index (χ1v) is 10.7. The number of rotatable bonds is 9. The van der Waals surface area contributed by atoms with Crippen molar-refractivity contribution in [3.63, 3.8) is 0 Å². The predicted octanol–water partition coefficient (Wildman–Crippen LogP) is 6.41. The van der Waals surface area contributed by atoms with Crippen molar-refractivity contribution in [3.8, 4) is 17.2 Å². The Kier molecular flexibility index (Phi) is 8.13. The molecule has 11 heteroatoms. The highest BCUT2D eigenvalue weighted by molar-refractivity contribution is 5.92. The van der Waals surface area contributed by atoms with Crippen LogP contribution in [0.25, 0.3) is 0 Å². The van der Waals surface area contributed by atoms with E-state index in [1.165, 1.54) is 38.5 Å². The Labute approximate surface area is 205 Å². The van der Waals surface area contributed by atoms with E-state index in [0.29, 0.717) is 22.5 Å². The third-order valence-electron chi connectivity index (χ3n) is 5.15. The fourth-order valence-corrected chi connectivity index (χ4v) is 3.36. The summed E-state index contributed by atoms with van der Waals surface area (Å²) in [6, 6.07) is 11.8. The van der Waals surface area contributed by atoms with E-state index >= 15 is 0 Å². The Morgan fingerprint density at radius 3 is 2.33 bits per heavy atom. The molecule has 0 radical (unpaired) electrons. The van der Waals surface area contributed by atoms with E-state index in [0.717, 1.165) is 6.07 Å². The lowest BCUT2D eigenvalue weighted by Gasteiger charge is -2.18. The second-order valence-corrected chi connectivity index (χ2v) is 7.77. The Morgan fingerprint density at radius 1 is 1.00 bits per heavy atom. The monoisotopic (exact) mass is 507 g/mol. The number of carbonyl (C=O) groups is 1. The molecule has 0 amide bonds. The van der Waals surface area contributed by atoms with Gasteiger partial charge >= 0.3 is 12.1 Å². The lowest BCUT2D eigenvalue weighted by molar-refractivity contribution is -0.131. The number of carbonyl (C=O) groups excluding carboxylic acids is 1. The molecule has 0 aromatic heterocycles. The van der Waals surface area contributed by atoms with Crippen molar-refractivity contribution in [1.29, 1.82) is 0 Å². The van der Waals surface area contributed by atoms with E-state index in [1.807, 2.05) is 0 Å². The summed E-state index contributed by atoms with van der Waals surface area (Å²) in [5, 5.41) is 5.76. The molecule has 0 atom stereocenters. The van der Waals surface area contributed by atoms with Gasteiger partial charge in [-0.25, -0.2) is 9.18 Å². The number of hydrogen-bond donors (Lipinski definition) is 3. The van der Waals surface area contributed by atoms with Gasteiger partial charge in [-0.15, -0.1) is 0 Å². The number of benzene rings is 3. The summed E-state index contributed by atoms with van der Waals surface area (Å²) in [7, 11) is 2.61. The summed E-state index contributed by atoms with van der Waals surface area (Å²) in [6.07, 6.45) is -5.42.